The van der Waals surface area contributed by atoms with Gasteiger partial charge in [0.05, 0.1) is 0 Å². The standard InChI is InChI=1S/C15H13Br/c16-15-12-5-4-10-14(15)11-6-9-13-7-2-1-3-8-13/h1-10,12H,11H2/b9-6+. The average Bonchev–Trinajstić information content (AvgIpc) is 2.33. The highest BCUT2D eigenvalue weighted by Crippen LogP contribution is 2.16. The number of hydrogen-bond donors (Lipinski definition) is 0. The van der Waals surface area contributed by atoms with E-state index in [1.165, 1.54) is 15.6 Å². The number of halogens is 1. The Kier molecular flexibility index (Phi) is 3.95. The van der Waals surface area contributed by atoms with Crippen molar-refractivity contribution in [2.24, 2.45) is 0 Å². The maximum atomic E-state index is 3.55. The molecule has 0 fully saturated rings. The number of rotatable bonds is 3. The Morgan fingerprint density at radius 2 is 1.56 bits per heavy atom. The predicted molar refractivity (Wildman–Crippen MR) is 73.3 cm³/mol. The van der Waals surface area contributed by atoms with Crippen LogP contribution in [0, 0.1) is 0 Å². The highest BCUT2D eigenvalue weighted by atomic mass is 79.9. The minimum Gasteiger partial charge on any atom is -0.0795 e. The van der Waals surface area contributed by atoms with Crippen molar-refractivity contribution in [2.45, 2.75) is 6.42 Å². The Hall–Kier alpha value is -1.34. The molecule has 0 aromatic heterocycles. The average molecular weight is 273 g/mol. The van der Waals surface area contributed by atoms with Crippen LogP contribution in [-0.4, -0.2) is 0 Å². The summed E-state index contributed by atoms with van der Waals surface area (Å²) >= 11 is 3.55. The summed E-state index contributed by atoms with van der Waals surface area (Å²) < 4.78 is 1.17. The second-order valence-corrected chi connectivity index (χ2v) is 4.46. The molecule has 0 unspecified atom stereocenters. The normalized spacial score (nSPS) is 10.8. The smallest absolute Gasteiger partial charge is 0.0210 e. The Morgan fingerprint density at radius 1 is 0.875 bits per heavy atom. The van der Waals surface area contributed by atoms with Crippen molar-refractivity contribution in [2.75, 3.05) is 0 Å². The van der Waals surface area contributed by atoms with Crippen LogP contribution >= 0.6 is 15.9 Å². The third-order valence-corrected chi connectivity index (χ3v) is 3.18. The molecule has 0 aliphatic rings. The number of hydrogen-bond acceptors (Lipinski definition) is 0. The van der Waals surface area contributed by atoms with Gasteiger partial charge in [0.25, 0.3) is 0 Å². The van der Waals surface area contributed by atoms with Crippen LogP contribution in [0.15, 0.2) is 65.1 Å². The molecule has 0 atom stereocenters. The molecule has 16 heavy (non-hydrogen) atoms. The summed E-state index contributed by atoms with van der Waals surface area (Å²) in [6.07, 6.45) is 5.30. The van der Waals surface area contributed by atoms with Crippen molar-refractivity contribution in [3.05, 3.63) is 76.3 Å². The molecule has 0 N–H and O–H groups in total. The van der Waals surface area contributed by atoms with Gasteiger partial charge in [0.2, 0.25) is 0 Å². The van der Waals surface area contributed by atoms with Gasteiger partial charge >= 0.3 is 0 Å². The molecule has 80 valence electrons. The molecule has 0 heterocycles. The van der Waals surface area contributed by atoms with E-state index in [2.05, 4.69) is 70.5 Å². The molecule has 0 nitrogen and oxygen atoms in total. The first kappa shape index (κ1) is 11.2. The Morgan fingerprint density at radius 3 is 2.31 bits per heavy atom. The van der Waals surface area contributed by atoms with E-state index >= 15 is 0 Å². The lowest BCUT2D eigenvalue weighted by Crippen LogP contribution is -1.81. The summed E-state index contributed by atoms with van der Waals surface area (Å²) in [5, 5.41) is 0. The quantitative estimate of drug-likeness (QED) is 0.760. The highest BCUT2D eigenvalue weighted by Gasteiger charge is 1.94. The maximum absolute atomic E-state index is 3.55. The van der Waals surface area contributed by atoms with Crippen LogP contribution in [0.1, 0.15) is 11.1 Å². The van der Waals surface area contributed by atoms with E-state index in [0.29, 0.717) is 0 Å². The third-order valence-electron chi connectivity index (χ3n) is 2.41. The zero-order valence-electron chi connectivity index (χ0n) is 8.94. The number of benzene rings is 2. The van der Waals surface area contributed by atoms with Gasteiger partial charge in [-0.05, 0) is 23.6 Å². The van der Waals surface area contributed by atoms with E-state index in [1.54, 1.807) is 0 Å². The summed E-state index contributed by atoms with van der Waals surface area (Å²) in [5.74, 6) is 0. The second-order valence-electron chi connectivity index (χ2n) is 3.61. The van der Waals surface area contributed by atoms with E-state index in [0.717, 1.165) is 6.42 Å². The van der Waals surface area contributed by atoms with Crippen LogP contribution in [0.4, 0.5) is 0 Å². The Bertz CT molecular complexity index is 472. The molecular formula is C15H13Br. The molecule has 2 aromatic carbocycles. The Labute approximate surface area is 105 Å². The van der Waals surface area contributed by atoms with E-state index in [9.17, 15) is 0 Å². The lowest BCUT2D eigenvalue weighted by Gasteiger charge is -1.99. The van der Waals surface area contributed by atoms with Crippen molar-refractivity contribution in [3.8, 4) is 0 Å². The predicted octanol–water partition coefficient (Wildman–Crippen LogP) is 4.71. The topological polar surface area (TPSA) is 0 Å². The van der Waals surface area contributed by atoms with Crippen LogP contribution < -0.4 is 0 Å². The van der Waals surface area contributed by atoms with Gasteiger partial charge in [-0.25, -0.2) is 0 Å². The van der Waals surface area contributed by atoms with Gasteiger partial charge in [-0.15, -0.1) is 0 Å². The van der Waals surface area contributed by atoms with E-state index in [-0.39, 0.29) is 0 Å². The third kappa shape index (κ3) is 3.07. The van der Waals surface area contributed by atoms with Gasteiger partial charge in [0.1, 0.15) is 0 Å². The van der Waals surface area contributed by atoms with Gasteiger partial charge in [-0.2, -0.15) is 0 Å². The lowest BCUT2D eigenvalue weighted by atomic mass is 10.1. The molecule has 0 amide bonds. The van der Waals surface area contributed by atoms with Crippen molar-refractivity contribution in [3.63, 3.8) is 0 Å². The van der Waals surface area contributed by atoms with Gasteiger partial charge in [0.15, 0.2) is 0 Å². The van der Waals surface area contributed by atoms with E-state index < -0.39 is 0 Å². The van der Waals surface area contributed by atoms with Gasteiger partial charge in [0, 0.05) is 4.47 Å². The van der Waals surface area contributed by atoms with Gasteiger partial charge in [-0.3, -0.25) is 0 Å². The largest absolute Gasteiger partial charge is 0.0795 e. The highest BCUT2D eigenvalue weighted by molar-refractivity contribution is 9.10. The maximum Gasteiger partial charge on any atom is 0.0210 e. The first-order valence-electron chi connectivity index (χ1n) is 5.31. The number of allylic oxidation sites excluding steroid dienone is 1. The van der Waals surface area contributed by atoms with Crippen molar-refractivity contribution in [1.82, 2.24) is 0 Å². The Balaban J connectivity index is 2.03. The minimum absolute atomic E-state index is 0.955. The molecule has 0 radical (unpaired) electrons. The molecule has 0 spiro atoms. The summed E-state index contributed by atoms with van der Waals surface area (Å²) in [7, 11) is 0. The molecule has 0 bridgehead atoms. The van der Waals surface area contributed by atoms with E-state index in [1.807, 2.05) is 12.1 Å². The fourth-order valence-corrected chi connectivity index (χ4v) is 2.00. The minimum atomic E-state index is 0.955. The fourth-order valence-electron chi connectivity index (χ4n) is 1.55. The molecule has 0 saturated heterocycles. The van der Waals surface area contributed by atoms with E-state index in [4.69, 9.17) is 0 Å². The monoisotopic (exact) mass is 272 g/mol. The van der Waals surface area contributed by atoms with Crippen LogP contribution in [0.2, 0.25) is 0 Å². The summed E-state index contributed by atoms with van der Waals surface area (Å²) in [5.41, 5.74) is 2.56. The van der Waals surface area contributed by atoms with Crippen LogP contribution in [0.5, 0.6) is 0 Å². The molecular weight excluding hydrogens is 260 g/mol. The second kappa shape index (κ2) is 5.66. The van der Waals surface area contributed by atoms with Crippen molar-refractivity contribution in [1.29, 1.82) is 0 Å². The summed E-state index contributed by atoms with van der Waals surface area (Å²) in [6, 6.07) is 18.7. The molecule has 2 rings (SSSR count). The SMILES string of the molecule is Brc1ccccc1C/C=C/c1ccccc1. The molecule has 2 aromatic rings. The van der Waals surface area contributed by atoms with Crippen LogP contribution in [0.25, 0.3) is 6.08 Å². The van der Waals surface area contributed by atoms with Gasteiger partial charge in [-0.1, -0.05) is 76.6 Å². The molecule has 1 heteroatoms. The van der Waals surface area contributed by atoms with Crippen LogP contribution in [-0.2, 0) is 6.42 Å². The molecule has 0 saturated carbocycles. The summed E-state index contributed by atoms with van der Waals surface area (Å²) in [6.45, 7) is 0. The van der Waals surface area contributed by atoms with Gasteiger partial charge < -0.3 is 0 Å². The van der Waals surface area contributed by atoms with Crippen LogP contribution in [0.3, 0.4) is 0 Å². The van der Waals surface area contributed by atoms with Crippen molar-refractivity contribution < 1.29 is 0 Å². The summed E-state index contributed by atoms with van der Waals surface area (Å²) in [4.78, 5) is 0. The zero-order chi connectivity index (χ0) is 11.2. The van der Waals surface area contributed by atoms with Crippen molar-refractivity contribution >= 4 is 22.0 Å². The lowest BCUT2D eigenvalue weighted by molar-refractivity contribution is 1.26. The molecule has 0 aliphatic heterocycles. The molecule has 0 aliphatic carbocycles. The first-order valence-corrected chi connectivity index (χ1v) is 6.10. The fraction of sp³-hybridized carbons (Fsp3) is 0.0667. The first-order chi connectivity index (χ1) is 7.86. The zero-order valence-corrected chi connectivity index (χ0v) is 10.5.